The number of piperidine rings is 1. The lowest BCUT2D eigenvalue weighted by Crippen LogP contribution is -2.38. The third-order valence-electron chi connectivity index (χ3n) is 4.17. The number of rotatable bonds is 3. The molecule has 2 heterocycles. The molecule has 2 aliphatic rings. The summed E-state index contributed by atoms with van der Waals surface area (Å²) < 4.78 is 12.4. The molecule has 0 aliphatic carbocycles. The number of nitrogens with zero attached hydrogens (tertiary/aromatic N) is 1. The molecular formula is C16H20BrNO4. The number of likely N-dealkylation sites (tertiary alicyclic amines) is 1. The summed E-state index contributed by atoms with van der Waals surface area (Å²) in [5, 5.41) is 9.19. The van der Waals surface area contributed by atoms with Gasteiger partial charge in [0, 0.05) is 24.0 Å². The second-order valence-electron chi connectivity index (χ2n) is 5.85. The van der Waals surface area contributed by atoms with E-state index in [1.807, 2.05) is 12.1 Å². The maximum absolute atomic E-state index is 11.2. The molecule has 3 rings (SSSR count). The van der Waals surface area contributed by atoms with Gasteiger partial charge in [-0.25, -0.2) is 0 Å². The highest BCUT2D eigenvalue weighted by Crippen LogP contribution is 2.36. The Labute approximate surface area is 138 Å². The first-order valence-electron chi connectivity index (χ1n) is 7.66. The maximum atomic E-state index is 11.2. The quantitative estimate of drug-likeness (QED) is 0.887. The molecule has 2 aliphatic heterocycles. The average Bonchev–Trinajstić information content (AvgIpc) is 2.73. The van der Waals surface area contributed by atoms with E-state index in [0.29, 0.717) is 19.8 Å². The number of fused-ring (bicyclic) bond motifs is 1. The predicted octanol–water partition coefficient (Wildman–Crippen LogP) is 2.91. The number of ether oxygens (including phenoxy) is 2. The Morgan fingerprint density at radius 3 is 2.73 bits per heavy atom. The van der Waals surface area contributed by atoms with Gasteiger partial charge < -0.3 is 14.6 Å². The lowest BCUT2D eigenvalue weighted by Gasteiger charge is -2.31. The number of aliphatic carboxylic acids is 1. The minimum atomic E-state index is -0.692. The predicted molar refractivity (Wildman–Crippen MR) is 85.4 cm³/mol. The van der Waals surface area contributed by atoms with Crippen LogP contribution < -0.4 is 9.47 Å². The van der Waals surface area contributed by atoms with Crippen molar-refractivity contribution in [2.75, 3.05) is 26.3 Å². The van der Waals surface area contributed by atoms with Gasteiger partial charge >= 0.3 is 5.97 Å². The third kappa shape index (κ3) is 3.55. The molecule has 1 saturated heterocycles. The Morgan fingerprint density at radius 1 is 1.27 bits per heavy atom. The molecule has 0 bridgehead atoms. The summed E-state index contributed by atoms with van der Waals surface area (Å²) in [5.41, 5.74) is 1.11. The molecule has 0 spiro atoms. The molecule has 1 N–H and O–H groups in total. The van der Waals surface area contributed by atoms with Gasteiger partial charge in [-0.05, 0) is 37.1 Å². The fourth-order valence-electron chi connectivity index (χ4n) is 2.99. The van der Waals surface area contributed by atoms with Crippen molar-refractivity contribution >= 4 is 21.9 Å². The largest absolute Gasteiger partial charge is 0.490 e. The third-order valence-corrected chi connectivity index (χ3v) is 4.90. The minimum absolute atomic E-state index is 0.257. The van der Waals surface area contributed by atoms with Crippen LogP contribution in [0.2, 0.25) is 0 Å². The fourth-order valence-corrected chi connectivity index (χ4v) is 3.44. The van der Waals surface area contributed by atoms with E-state index in [9.17, 15) is 9.90 Å². The van der Waals surface area contributed by atoms with Crippen molar-refractivity contribution in [3.8, 4) is 11.5 Å². The van der Waals surface area contributed by atoms with Crippen LogP contribution in [0, 0.1) is 5.92 Å². The van der Waals surface area contributed by atoms with E-state index in [1.165, 1.54) is 0 Å². The molecule has 120 valence electrons. The highest BCUT2D eigenvalue weighted by molar-refractivity contribution is 9.10. The average molecular weight is 370 g/mol. The van der Waals surface area contributed by atoms with Crippen molar-refractivity contribution in [1.82, 2.24) is 4.90 Å². The van der Waals surface area contributed by atoms with Crippen LogP contribution in [0.15, 0.2) is 16.6 Å². The van der Waals surface area contributed by atoms with Gasteiger partial charge in [0.05, 0.1) is 19.1 Å². The van der Waals surface area contributed by atoms with Crippen LogP contribution in [0.25, 0.3) is 0 Å². The summed E-state index contributed by atoms with van der Waals surface area (Å²) >= 11 is 3.59. The van der Waals surface area contributed by atoms with Crippen LogP contribution in [-0.2, 0) is 11.3 Å². The molecule has 5 nitrogen and oxygen atoms in total. The number of hydrogen-bond acceptors (Lipinski definition) is 4. The summed E-state index contributed by atoms with van der Waals surface area (Å²) in [6.45, 7) is 3.60. The highest BCUT2D eigenvalue weighted by atomic mass is 79.9. The second kappa shape index (κ2) is 6.87. The summed E-state index contributed by atoms with van der Waals surface area (Å²) in [6, 6.07) is 3.96. The standard InChI is InChI=1S/C16H20BrNO4/c17-13-8-15-14(21-5-2-6-22-15)7-12(13)10-18-4-1-3-11(9-18)16(19)20/h7-8,11H,1-6,9-10H2,(H,19,20). The summed E-state index contributed by atoms with van der Waals surface area (Å²) in [5.74, 6) is 0.605. The van der Waals surface area contributed by atoms with Crippen molar-refractivity contribution in [2.24, 2.45) is 5.92 Å². The number of carbonyl (C=O) groups is 1. The zero-order valence-corrected chi connectivity index (χ0v) is 14.0. The van der Waals surface area contributed by atoms with Crippen molar-refractivity contribution in [2.45, 2.75) is 25.8 Å². The normalized spacial score (nSPS) is 22.1. The van der Waals surface area contributed by atoms with E-state index >= 15 is 0 Å². The summed E-state index contributed by atoms with van der Waals surface area (Å²) in [6.07, 6.45) is 2.58. The highest BCUT2D eigenvalue weighted by Gasteiger charge is 2.26. The Kier molecular flexibility index (Phi) is 4.88. The molecule has 0 saturated carbocycles. The minimum Gasteiger partial charge on any atom is -0.490 e. The molecule has 1 fully saturated rings. The number of hydrogen-bond donors (Lipinski definition) is 1. The Balaban J connectivity index is 1.74. The Hall–Kier alpha value is -1.27. The number of benzene rings is 1. The molecule has 1 unspecified atom stereocenters. The molecule has 1 aromatic rings. The molecule has 22 heavy (non-hydrogen) atoms. The van der Waals surface area contributed by atoms with Gasteiger partial charge in [0.1, 0.15) is 0 Å². The van der Waals surface area contributed by atoms with Gasteiger partial charge in [0.2, 0.25) is 0 Å². The SMILES string of the molecule is O=C(O)C1CCCN(Cc2cc3c(cc2Br)OCCCO3)C1. The lowest BCUT2D eigenvalue weighted by molar-refractivity contribution is -0.143. The smallest absolute Gasteiger partial charge is 0.307 e. The van der Waals surface area contributed by atoms with Gasteiger partial charge in [0.25, 0.3) is 0 Å². The monoisotopic (exact) mass is 369 g/mol. The van der Waals surface area contributed by atoms with E-state index in [0.717, 1.165) is 53.9 Å². The van der Waals surface area contributed by atoms with Gasteiger partial charge in [0.15, 0.2) is 11.5 Å². The van der Waals surface area contributed by atoms with Crippen LogP contribution in [0.1, 0.15) is 24.8 Å². The van der Waals surface area contributed by atoms with E-state index in [2.05, 4.69) is 20.8 Å². The summed E-state index contributed by atoms with van der Waals surface area (Å²) in [4.78, 5) is 13.4. The second-order valence-corrected chi connectivity index (χ2v) is 6.71. The van der Waals surface area contributed by atoms with Crippen molar-refractivity contribution in [3.05, 3.63) is 22.2 Å². The van der Waals surface area contributed by atoms with Crippen molar-refractivity contribution in [3.63, 3.8) is 0 Å². The maximum Gasteiger partial charge on any atom is 0.307 e. The van der Waals surface area contributed by atoms with Crippen LogP contribution in [0.5, 0.6) is 11.5 Å². The number of halogens is 1. The van der Waals surface area contributed by atoms with Gasteiger partial charge in [-0.15, -0.1) is 0 Å². The first-order chi connectivity index (χ1) is 10.6. The molecule has 1 atom stereocenters. The molecule has 0 radical (unpaired) electrons. The van der Waals surface area contributed by atoms with E-state index in [-0.39, 0.29) is 5.92 Å². The Bertz CT molecular complexity index is 563. The Morgan fingerprint density at radius 2 is 2.00 bits per heavy atom. The van der Waals surface area contributed by atoms with Crippen LogP contribution in [-0.4, -0.2) is 42.3 Å². The molecular weight excluding hydrogens is 350 g/mol. The van der Waals surface area contributed by atoms with Gasteiger partial charge in [-0.1, -0.05) is 15.9 Å². The van der Waals surface area contributed by atoms with E-state index < -0.39 is 5.97 Å². The van der Waals surface area contributed by atoms with Gasteiger partial charge in [-0.2, -0.15) is 0 Å². The molecule has 0 aromatic heterocycles. The lowest BCUT2D eigenvalue weighted by atomic mass is 9.98. The number of carboxylic acids is 1. The molecule has 1 aromatic carbocycles. The first-order valence-corrected chi connectivity index (χ1v) is 8.46. The zero-order valence-electron chi connectivity index (χ0n) is 12.4. The van der Waals surface area contributed by atoms with Crippen molar-refractivity contribution in [1.29, 1.82) is 0 Å². The first kappa shape index (κ1) is 15.6. The fraction of sp³-hybridized carbons (Fsp3) is 0.562. The van der Waals surface area contributed by atoms with Crippen LogP contribution >= 0.6 is 15.9 Å². The molecule has 6 heteroatoms. The van der Waals surface area contributed by atoms with Crippen molar-refractivity contribution < 1.29 is 19.4 Å². The summed E-state index contributed by atoms with van der Waals surface area (Å²) in [7, 11) is 0. The van der Waals surface area contributed by atoms with E-state index in [1.54, 1.807) is 0 Å². The topological polar surface area (TPSA) is 59.0 Å². The van der Waals surface area contributed by atoms with Gasteiger partial charge in [-0.3, -0.25) is 9.69 Å². The number of carboxylic acid groups (broad SMARTS) is 1. The van der Waals surface area contributed by atoms with Crippen LogP contribution in [0.4, 0.5) is 0 Å². The van der Waals surface area contributed by atoms with Crippen LogP contribution in [0.3, 0.4) is 0 Å². The molecule has 0 amide bonds. The van der Waals surface area contributed by atoms with E-state index in [4.69, 9.17) is 9.47 Å². The zero-order chi connectivity index (χ0) is 15.5.